The Hall–Kier alpha value is -4.08. The number of phenols is 2. The molecule has 1 atom stereocenters. The number of ether oxygens (including phenoxy) is 1. The van der Waals surface area contributed by atoms with Crippen molar-refractivity contribution in [2.75, 3.05) is 7.11 Å². The van der Waals surface area contributed by atoms with E-state index >= 15 is 0 Å². The van der Waals surface area contributed by atoms with Crippen molar-refractivity contribution >= 4 is 23.4 Å². The molecule has 0 radical (unpaired) electrons. The molecule has 0 saturated heterocycles. The summed E-state index contributed by atoms with van der Waals surface area (Å²) in [7, 11) is 1.14. The van der Waals surface area contributed by atoms with E-state index in [0.717, 1.165) is 19.2 Å². The summed E-state index contributed by atoms with van der Waals surface area (Å²) in [6, 6.07) is 8.18. The van der Waals surface area contributed by atoms with Gasteiger partial charge in [-0.05, 0) is 5.56 Å². The molecule has 0 fully saturated rings. The van der Waals surface area contributed by atoms with Crippen LogP contribution in [0.15, 0.2) is 48.0 Å². The van der Waals surface area contributed by atoms with E-state index in [1.807, 2.05) is 0 Å². The predicted molar refractivity (Wildman–Crippen MR) is 96.2 cm³/mol. The maximum Gasteiger partial charge on any atom is 0.338 e. The molecule has 0 bridgehead atoms. The van der Waals surface area contributed by atoms with E-state index in [1.165, 1.54) is 0 Å². The van der Waals surface area contributed by atoms with E-state index in [9.17, 15) is 29.9 Å². The lowest BCUT2D eigenvalue weighted by molar-refractivity contribution is -0.386. The molecule has 1 heterocycles. The smallest absolute Gasteiger partial charge is 0.338 e. The minimum absolute atomic E-state index is 0.0661. The average Bonchev–Trinajstić information content (AvgIpc) is 2.67. The molecule has 28 heavy (non-hydrogen) atoms. The van der Waals surface area contributed by atoms with Crippen molar-refractivity contribution in [3.8, 4) is 11.5 Å². The van der Waals surface area contributed by atoms with Gasteiger partial charge >= 0.3 is 17.7 Å². The van der Waals surface area contributed by atoms with Gasteiger partial charge in [0.25, 0.3) is 0 Å². The molecule has 0 saturated carbocycles. The summed E-state index contributed by atoms with van der Waals surface area (Å²) in [5, 5.41) is 36.1. The van der Waals surface area contributed by atoms with Gasteiger partial charge in [0.05, 0.1) is 29.3 Å². The second-order valence-corrected chi connectivity index (χ2v) is 5.83. The average molecular weight is 385 g/mol. The predicted octanol–water partition coefficient (Wildman–Crippen LogP) is 1.94. The molecule has 10 nitrogen and oxygen atoms in total. The summed E-state index contributed by atoms with van der Waals surface area (Å²) < 4.78 is 4.82. The Morgan fingerprint density at radius 1 is 1.18 bits per heavy atom. The highest BCUT2D eigenvalue weighted by atomic mass is 16.6. The summed E-state index contributed by atoms with van der Waals surface area (Å²) in [6.07, 6.45) is 0. The standard InChI is InChI=1S/C18H15N3O7/c1-28-17(24)14-15(9-5-3-2-4-6-9)19-18(25)20-16(14)10-7-11(21(26)27)13(23)8-12(10)22/h2-8,16,22-23H,1H3,(H2,19,20,25). The quantitative estimate of drug-likeness (QED) is 0.357. The molecule has 1 aliphatic heterocycles. The van der Waals surface area contributed by atoms with E-state index < -0.39 is 40.2 Å². The van der Waals surface area contributed by atoms with Crippen LogP contribution in [-0.2, 0) is 9.53 Å². The molecular formula is C18H15N3O7. The molecule has 4 N–H and O–H groups in total. The van der Waals surface area contributed by atoms with Gasteiger partial charge in [-0.2, -0.15) is 0 Å². The largest absolute Gasteiger partial charge is 0.507 e. The van der Waals surface area contributed by atoms with Gasteiger partial charge in [0.2, 0.25) is 0 Å². The number of nitro benzene ring substituents is 1. The Morgan fingerprint density at radius 2 is 1.86 bits per heavy atom. The lowest BCUT2D eigenvalue weighted by Gasteiger charge is -2.29. The molecule has 0 aromatic heterocycles. The Morgan fingerprint density at radius 3 is 2.46 bits per heavy atom. The van der Waals surface area contributed by atoms with Crippen molar-refractivity contribution in [1.82, 2.24) is 10.6 Å². The van der Waals surface area contributed by atoms with Crippen LogP contribution in [-0.4, -0.2) is 34.2 Å². The second-order valence-electron chi connectivity index (χ2n) is 5.83. The number of carbonyl (C=O) groups excluding carboxylic acids is 2. The third-order valence-corrected chi connectivity index (χ3v) is 4.17. The topological polar surface area (TPSA) is 151 Å². The van der Waals surface area contributed by atoms with E-state index in [-0.39, 0.29) is 16.8 Å². The van der Waals surface area contributed by atoms with Gasteiger partial charge in [0.1, 0.15) is 5.75 Å². The third kappa shape index (κ3) is 3.30. The van der Waals surface area contributed by atoms with Gasteiger partial charge < -0.3 is 25.6 Å². The van der Waals surface area contributed by atoms with Crippen LogP contribution in [0.2, 0.25) is 0 Å². The first-order chi connectivity index (χ1) is 13.3. The van der Waals surface area contributed by atoms with Crippen molar-refractivity contribution in [2.45, 2.75) is 6.04 Å². The minimum atomic E-state index is -1.25. The number of aromatic hydroxyl groups is 2. The Balaban J connectivity index is 2.27. The van der Waals surface area contributed by atoms with Crippen molar-refractivity contribution in [2.24, 2.45) is 0 Å². The summed E-state index contributed by atoms with van der Waals surface area (Å²) in [6.45, 7) is 0. The first-order valence-corrected chi connectivity index (χ1v) is 7.99. The highest BCUT2D eigenvalue weighted by molar-refractivity contribution is 6.04. The number of rotatable bonds is 4. The number of methoxy groups -OCH3 is 1. The number of nitrogens with zero attached hydrogens (tertiary/aromatic N) is 1. The molecule has 144 valence electrons. The van der Waals surface area contributed by atoms with Gasteiger partial charge in [-0.25, -0.2) is 9.59 Å². The van der Waals surface area contributed by atoms with Crippen LogP contribution in [0, 0.1) is 10.1 Å². The first-order valence-electron chi connectivity index (χ1n) is 7.99. The van der Waals surface area contributed by atoms with Crippen molar-refractivity contribution in [3.05, 3.63) is 69.3 Å². The van der Waals surface area contributed by atoms with Crippen LogP contribution in [0.1, 0.15) is 17.2 Å². The monoisotopic (exact) mass is 385 g/mol. The van der Waals surface area contributed by atoms with Gasteiger partial charge in [0, 0.05) is 17.7 Å². The molecule has 3 rings (SSSR count). The van der Waals surface area contributed by atoms with Crippen LogP contribution in [0.25, 0.3) is 5.70 Å². The summed E-state index contributed by atoms with van der Waals surface area (Å²) >= 11 is 0. The third-order valence-electron chi connectivity index (χ3n) is 4.17. The number of nitrogens with one attached hydrogen (secondary N) is 2. The van der Waals surface area contributed by atoms with Crippen molar-refractivity contribution in [3.63, 3.8) is 0 Å². The maximum absolute atomic E-state index is 12.5. The Bertz CT molecular complexity index is 1000. The van der Waals surface area contributed by atoms with Crippen LogP contribution in [0.5, 0.6) is 11.5 Å². The molecule has 0 aliphatic carbocycles. The number of esters is 1. The number of hydrogen-bond donors (Lipinski definition) is 4. The summed E-state index contributed by atoms with van der Waals surface area (Å²) in [5.41, 5.74) is -0.269. The number of phenolic OH excluding ortho intramolecular Hbond substituents is 2. The zero-order valence-corrected chi connectivity index (χ0v) is 14.5. The molecule has 2 amide bonds. The molecule has 0 spiro atoms. The molecule has 2 aromatic carbocycles. The molecule has 10 heteroatoms. The normalized spacial score (nSPS) is 16.2. The van der Waals surface area contributed by atoms with Gasteiger partial charge in [-0.3, -0.25) is 10.1 Å². The zero-order valence-electron chi connectivity index (χ0n) is 14.5. The van der Waals surface area contributed by atoms with Crippen molar-refractivity contribution < 1.29 is 29.5 Å². The zero-order chi connectivity index (χ0) is 20.4. The fourth-order valence-corrected chi connectivity index (χ4v) is 2.92. The van der Waals surface area contributed by atoms with Gasteiger partial charge in [-0.1, -0.05) is 30.3 Å². The lowest BCUT2D eigenvalue weighted by Crippen LogP contribution is -2.45. The summed E-state index contributed by atoms with van der Waals surface area (Å²) in [5.74, 6) is -2.10. The van der Waals surface area contributed by atoms with Crippen LogP contribution in [0.4, 0.5) is 10.5 Å². The van der Waals surface area contributed by atoms with E-state index in [1.54, 1.807) is 30.3 Å². The number of carbonyl (C=O) groups is 2. The number of benzene rings is 2. The highest BCUT2D eigenvalue weighted by Crippen LogP contribution is 2.40. The number of amides is 2. The first kappa shape index (κ1) is 18.7. The lowest BCUT2D eigenvalue weighted by atomic mass is 9.91. The molecule has 2 aromatic rings. The molecular weight excluding hydrogens is 370 g/mol. The van der Waals surface area contributed by atoms with Crippen LogP contribution in [0.3, 0.4) is 0 Å². The highest BCUT2D eigenvalue weighted by Gasteiger charge is 2.36. The fraction of sp³-hybridized carbons (Fsp3) is 0.111. The summed E-state index contributed by atoms with van der Waals surface area (Å²) in [4.78, 5) is 35.0. The number of urea groups is 1. The number of hydrogen-bond acceptors (Lipinski definition) is 7. The molecule has 1 unspecified atom stereocenters. The van der Waals surface area contributed by atoms with E-state index in [0.29, 0.717) is 5.56 Å². The van der Waals surface area contributed by atoms with Crippen LogP contribution >= 0.6 is 0 Å². The number of nitro groups is 1. The Kier molecular flexibility index (Phi) is 4.86. The fourth-order valence-electron chi connectivity index (χ4n) is 2.92. The molecule has 1 aliphatic rings. The Labute approximate surface area is 158 Å². The van der Waals surface area contributed by atoms with E-state index in [4.69, 9.17) is 4.74 Å². The minimum Gasteiger partial charge on any atom is -0.507 e. The van der Waals surface area contributed by atoms with Crippen LogP contribution < -0.4 is 10.6 Å². The SMILES string of the molecule is COC(=O)C1=C(c2ccccc2)NC(=O)NC1c1cc([N+](=O)[O-])c(O)cc1O. The van der Waals surface area contributed by atoms with Gasteiger partial charge in [0.15, 0.2) is 5.75 Å². The maximum atomic E-state index is 12.5. The second kappa shape index (κ2) is 7.27. The van der Waals surface area contributed by atoms with E-state index in [2.05, 4.69) is 10.6 Å². The van der Waals surface area contributed by atoms with Gasteiger partial charge in [-0.15, -0.1) is 0 Å². The van der Waals surface area contributed by atoms with Crippen molar-refractivity contribution in [1.29, 1.82) is 0 Å².